The van der Waals surface area contributed by atoms with Gasteiger partial charge in [0.05, 0.1) is 5.69 Å². The largest absolute Gasteiger partial charge is 0.483 e. The number of hydrogen-bond acceptors (Lipinski definition) is 5. The van der Waals surface area contributed by atoms with E-state index in [4.69, 9.17) is 4.74 Å². The fraction of sp³-hybridized carbons (Fsp3) is 0.111. The van der Waals surface area contributed by atoms with E-state index in [0.29, 0.717) is 21.4 Å². The second-order valence-corrected chi connectivity index (χ2v) is 9.03. The highest BCUT2D eigenvalue weighted by Crippen LogP contribution is 2.28. The molecule has 0 saturated carbocycles. The zero-order chi connectivity index (χ0) is 25.8. The maximum Gasteiger partial charge on any atom is 0.335 e. The van der Waals surface area contributed by atoms with Crippen LogP contribution in [0.1, 0.15) is 16.7 Å². The molecule has 0 spiro atoms. The normalized spacial score (nSPS) is 14.6. The summed E-state index contributed by atoms with van der Waals surface area (Å²) in [5, 5.41) is 4.98. The second kappa shape index (κ2) is 10.6. The minimum absolute atomic E-state index is 0.249. The van der Waals surface area contributed by atoms with Crippen molar-refractivity contribution in [3.05, 3.63) is 93.5 Å². The van der Waals surface area contributed by atoms with E-state index in [0.717, 1.165) is 16.0 Å². The molecule has 3 aromatic rings. The lowest BCUT2D eigenvalue weighted by Gasteiger charge is -2.26. The molecule has 0 unspecified atom stereocenters. The molecular weight excluding hydrogens is 526 g/mol. The molecular formula is C27H22BrN3O5. The lowest BCUT2D eigenvalue weighted by molar-refractivity contribution is -0.122. The first-order valence-corrected chi connectivity index (χ1v) is 11.8. The molecule has 2 N–H and O–H groups in total. The molecule has 0 radical (unpaired) electrons. The summed E-state index contributed by atoms with van der Waals surface area (Å²) in [4.78, 5) is 51.4. The van der Waals surface area contributed by atoms with E-state index in [1.165, 1.54) is 6.08 Å². The van der Waals surface area contributed by atoms with Gasteiger partial charge in [-0.3, -0.25) is 19.7 Å². The third-order valence-electron chi connectivity index (χ3n) is 5.54. The van der Waals surface area contributed by atoms with E-state index >= 15 is 0 Å². The zero-order valence-electron chi connectivity index (χ0n) is 19.5. The molecule has 1 saturated heterocycles. The molecule has 0 atom stereocenters. The molecule has 5 amide bonds. The number of barbiturate groups is 1. The van der Waals surface area contributed by atoms with E-state index in [9.17, 15) is 19.2 Å². The average Bonchev–Trinajstić information content (AvgIpc) is 2.84. The van der Waals surface area contributed by atoms with Gasteiger partial charge in [0.1, 0.15) is 11.3 Å². The SMILES string of the molecule is Cc1ccc(NC(=O)COc2ccc(Br)cc2/C=C2/C(=O)NC(=O)N(c3ccccc3)C2=O)cc1C. The van der Waals surface area contributed by atoms with E-state index in [-0.39, 0.29) is 23.8 Å². The number of nitrogens with zero attached hydrogens (tertiary/aromatic N) is 1. The van der Waals surface area contributed by atoms with Gasteiger partial charge in [0, 0.05) is 15.7 Å². The van der Waals surface area contributed by atoms with Gasteiger partial charge in [-0.25, -0.2) is 9.69 Å². The number of imide groups is 2. The van der Waals surface area contributed by atoms with Crippen LogP contribution in [-0.2, 0) is 14.4 Å². The highest BCUT2D eigenvalue weighted by atomic mass is 79.9. The van der Waals surface area contributed by atoms with Crippen LogP contribution in [0.2, 0.25) is 0 Å². The highest BCUT2D eigenvalue weighted by Gasteiger charge is 2.36. The summed E-state index contributed by atoms with van der Waals surface area (Å²) in [7, 11) is 0. The molecule has 36 heavy (non-hydrogen) atoms. The first-order chi connectivity index (χ1) is 17.2. The standard InChI is InChI=1S/C27H22BrN3O5/c1-16-8-10-20(12-17(16)2)29-24(32)15-36-23-11-9-19(28)13-18(23)14-22-25(33)30-27(35)31(26(22)34)21-6-4-3-5-7-21/h3-14H,15H2,1-2H3,(H,29,32)(H,30,33,35)/b22-14-. The lowest BCUT2D eigenvalue weighted by Crippen LogP contribution is -2.54. The van der Waals surface area contributed by atoms with Gasteiger partial charge in [-0.2, -0.15) is 0 Å². The average molecular weight is 548 g/mol. The first-order valence-electron chi connectivity index (χ1n) is 11.0. The van der Waals surface area contributed by atoms with Gasteiger partial charge < -0.3 is 10.1 Å². The molecule has 8 nitrogen and oxygen atoms in total. The van der Waals surface area contributed by atoms with Crippen molar-refractivity contribution in [2.24, 2.45) is 0 Å². The van der Waals surface area contributed by atoms with Gasteiger partial charge >= 0.3 is 6.03 Å². The van der Waals surface area contributed by atoms with E-state index < -0.39 is 17.8 Å². The van der Waals surface area contributed by atoms with Crippen molar-refractivity contribution in [1.82, 2.24) is 5.32 Å². The number of hydrogen-bond donors (Lipinski definition) is 2. The number of benzene rings is 3. The third-order valence-corrected chi connectivity index (χ3v) is 6.03. The second-order valence-electron chi connectivity index (χ2n) is 8.11. The van der Waals surface area contributed by atoms with Crippen LogP contribution in [0.4, 0.5) is 16.2 Å². The number of urea groups is 1. The number of halogens is 1. The molecule has 182 valence electrons. The summed E-state index contributed by atoms with van der Waals surface area (Å²) in [5.41, 5.74) is 3.27. The number of carbonyl (C=O) groups excluding carboxylic acids is 4. The van der Waals surface area contributed by atoms with Crippen LogP contribution >= 0.6 is 15.9 Å². The molecule has 3 aromatic carbocycles. The number of aryl methyl sites for hydroxylation is 2. The fourth-order valence-corrected chi connectivity index (χ4v) is 3.93. The maximum absolute atomic E-state index is 13.1. The van der Waals surface area contributed by atoms with Crippen molar-refractivity contribution in [1.29, 1.82) is 0 Å². The van der Waals surface area contributed by atoms with Gasteiger partial charge in [-0.1, -0.05) is 40.2 Å². The van der Waals surface area contributed by atoms with Crippen LogP contribution in [0, 0.1) is 13.8 Å². The number of nitrogens with one attached hydrogen (secondary N) is 2. The summed E-state index contributed by atoms with van der Waals surface area (Å²) >= 11 is 3.37. The lowest BCUT2D eigenvalue weighted by atomic mass is 10.1. The summed E-state index contributed by atoms with van der Waals surface area (Å²) in [5.74, 6) is -1.68. The van der Waals surface area contributed by atoms with Crippen LogP contribution in [0.15, 0.2) is 76.8 Å². The Morgan fingerprint density at radius 1 is 1.00 bits per heavy atom. The van der Waals surface area contributed by atoms with Crippen molar-refractivity contribution in [2.75, 3.05) is 16.8 Å². The minimum atomic E-state index is -0.831. The molecule has 1 aliphatic rings. The fourth-order valence-electron chi connectivity index (χ4n) is 3.55. The predicted octanol–water partition coefficient (Wildman–Crippen LogP) is 4.75. The Bertz CT molecular complexity index is 1400. The third kappa shape index (κ3) is 5.52. The number of anilines is 2. The van der Waals surface area contributed by atoms with Gasteiger partial charge in [0.25, 0.3) is 17.7 Å². The number of amides is 5. The highest BCUT2D eigenvalue weighted by molar-refractivity contribution is 9.10. The summed E-state index contributed by atoms with van der Waals surface area (Å²) in [6.07, 6.45) is 1.33. The molecule has 9 heteroatoms. The molecule has 4 rings (SSSR count). The van der Waals surface area contributed by atoms with E-state index in [1.54, 1.807) is 48.5 Å². The molecule has 0 aliphatic carbocycles. The zero-order valence-corrected chi connectivity index (χ0v) is 21.1. The Labute approximate surface area is 216 Å². The quantitative estimate of drug-likeness (QED) is 0.342. The van der Waals surface area contributed by atoms with Crippen molar-refractivity contribution in [3.63, 3.8) is 0 Å². The number of carbonyl (C=O) groups is 4. The Morgan fingerprint density at radius 2 is 1.75 bits per heavy atom. The van der Waals surface area contributed by atoms with Crippen LogP contribution in [0.25, 0.3) is 6.08 Å². The van der Waals surface area contributed by atoms with Gasteiger partial charge in [0.15, 0.2) is 6.61 Å². The Hall–Kier alpha value is -4.24. The summed E-state index contributed by atoms with van der Waals surface area (Å²) in [6.45, 7) is 3.65. The van der Waals surface area contributed by atoms with Crippen molar-refractivity contribution >= 4 is 57.1 Å². The van der Waals surface area contributed by atoms with Crippen molar-refractivity contribution in [2.45, 2.75) is 13.8 Å². The topological polar surface area (TPSA) is 105 Å². The molecule has 0 aromatic heterocycles. The van der Waals surface area contributed by atoms with Gasteiger partial charge in [-0.15, -0.1) is 0 Å². The van der Waals surface area contributed by atoms with Crippen LogP contribution < -0.4 is 20.3 Å². The molecule has 1 aliphatic heterocycles. The monoisotopic (exact) mass is 547 g/mol. The number of rotatable bonds is 6. The van der Waals surface area contributed by atoms with Crippen LogP contribution in [0.3, 0.4) is 0 Å². The molecule has 0 bridgehead atoms. The Morgan fingerprint density at radius 3 is 2.47 bits per heavy atom. The molecule has 1 fully saturated rings. The summed E-state index contributed by atoms with van der Waals surface area (Å²) in [6, 6.07) is 18.0. The van der Waals surface area contributed by atoms with E-state index in [1.807, 2.05) is 32.0 Å². The van der Waals surface area contributed by atoms with Gasteiger partial charge in [-0.05, 0) is 73.5 Å². The maximum atomic E-state index is 13.1. The predicted molar refractivity (Wildman–Crippen MR) is 140 cm³/mol. The van der Waals surface area contributed by atoms with Crippen molar-refractivity contribution < 1.29 is 23.9 Å². The van der Waals surface area contributed by atoms with E-state index in [2.05, 4.69) is 26.6 Å². The van der Waals surface area contributed by atoms with Crippen LogP contribution in [0.5, 0.6) is 5.75 Å². The van der Waals surface area contributed by atoms with Gasteiger partial charge in [0.2, 0.25) is 0 Å². The Balaban J connectivity index is 1.56. The number of para-hydroxylation sites is 1. The number of ether oxygens (including phenoxy) is 1. The van der Waals surface area contributed by atoms with Crippen molar-refractivity contribution in [3.8, 4) is 5.75 Å². The smallest absolute Gasteiger partial charge is 0.335 e. The first kappa shape index (κ1) is 24.9. The summed E-state index contributed by atoms with van der Waals surface area (Å²) < 4.78 is 6.39. The molecule has 1 heterocycles. The Kier molecular flexibility index (Phi) is 7.30. The van der Waals surface area contributed by atoms with Crippen LogP contribution in [-0.4, -0.2) is 30.4 Å². The minimum Gasteiger partial charge on any atom is -0.483 e.